The Hall–Kier alpha value is -2.68. The standard InChI is InChI=1S/C20H16ClN3O3S2/c1-10-17(18(25)24-20-23-13-6-5-12(21)9-16(13)28-20)29-19(22-10)11-4-7-14(26-2)15(8-11)27-3/h4-9H,1-3H3,(H,23,24,25). The second-order valence-electron chi connectivity index (χ2n) is 6.09. The molecular formula is C20H16ClN3O3S2. The van der Waals surface area contributed by atoms with Crippen LogP contribution in [-0.4, -0.2) is 30.1 Å². The monoisotopic (exact) mass is 445 g/mol. The zero-order valence-corrected chi connectivity index (χ0v) is 18.2. The zero-order valence-electron chi connectivity index (χ0n) is 15.8. The van der Waals surface area contributed by atoms with E-state index in [1.165, 1.54) is 22.7 Å². The third-order valence-corrected chi connectivity index (χ3v) is 6.58. The predicted octanol–water partition coefficient (Wildman–Crippen LogP) is 5.65. The van der Waals surface area contributed by atoms with Crippen molar-refractivity contribution in [1.82, 2.24) is 9.97 Å². The van der Waals surface area contributed by atoms with Crippen LogP contribution in [-0.2, 0) is 0 Å². The summed E-state index contributed by atoms with van der Waals surface area (Å²) in [7, 11) is 3.17. The van der Waals surface area contributed by atoms with Crippen LogP contribution in [0.5, 0.6) is 11.5 Å². The van der Waals surface area contributed by atoms with Gasteiger partial charge >= 0.3 is 0 Å². The number of methoxy groups -OCH3 is 2. The van der Waals surface area contributed by atoms with E-state index in [2.05, 4.69) is 15.3 Å². The number of hydrogen-bond donors (Lipinski definition) is 1. The number of anilines is 1. The molecule has 1 amide bonds. The molecule has 0 aliphatic carbocycles. The van der Waals surface area contributed by atoms with Gasteiger partial charge < -0.3 is 9.47 Å². The average molecular weight is 446 g/mol. The summed E-state index contributed by atoms with van der Waals surface area (Å²) in [5, 5.41) is 4.75. The molecule has 0 aliphatic rings. The van der Waals surface area contributed by atoms with Crippen LogP contribution in [0.2, 0.25) is 5.02 Å². The number of aryl methyl sites for hydroxylation is 1. The molecule has 1 N–H and O–H groups in total. The van der Waals surface area contributed by atoms with Crippen LogP contribution < -0.4 is 14.8 Å². The van der Waals surface area contributed by atoms with E-state index in [1.54, 1.807) is 20.3 Å². The molecule has 0 saturated carbocycles. The summed E-state index contributed by atoms with van der Waals surface area (Å²) in [4.78, 5) is 22.3. The van der Waals surface area contributed by atoms with E-state index in [0.29, 0.717) is 32.2 Å². The van der Waals surface area contributed by atoms with Crippen LogP contribution in [0.25, 0.3) is 20.8 Å². The third-order valence-electron chi connectivity index (χ3n) is 4.20. The van der Waals surface area contributed by atoms with Crippen molar-refractivity contribution in [3.63, 3.8) is 0 Å². The number of carbonyl (C=O) groups excluding carboxylic acids is 1. The minimum atomic E-state index is -0.239. The number of aromatic nitrogens is 2. The molecule has 0 radical (unpaired) electrons. The first kappa shape index (κ1) is 19.6. The normalized spacial score (nSPS) is 10.9. The van der Waals surface area contributed by atoms with Crippen LogP contribution in [0.4, 0.5) is 5.13 Å². The number of nitrogens with zero attached hydrogens (tertiary/aromatic N) is 2. The summed E-state index contributed by atoms with van der Waals surface area (Å²) in [5.41, 5.74) is 2.30. The van der Waals surface area contributed by atoms with Gasteiger partial charge in [0.1, 0.15) is 9.88 Å². The maximum Gasteiger partial charge on any atom is 0.269 e. The van der Waals surface area contributed by atoms with Crippen LogP contribution >= 0.6 is 34.3 Å². The van der Waals surface area contributed by atoms with Crippen molar-refractivity contribution in [2.45, 2.75) is 6.92 Å². The quantitative estimate of drug-likeness (QED) is 0.429. The highest BCUT2D eigenvalue weighted by Gasteiger charge is 2.19. The number of amides is 1. The van der Waals surface area contributed by atoms with Crippen LogP contribution in [0.1, 0.15) is 15.4 Å². The molecule has 2 aromatic carbocycles. The number of hydrogen-bond acceptors (Lipinski definition) is 7. The second kappa shape index (κ2) is 7.98. The topological polar surface area (TPSA) is 73.3 Å². The van der Waals surface area contributed by atoms with E-state index in [9.17, 15) is 4.79 Å². The lowest BCUT2D eigenvalue weighted by Crippen LogP contribution is -2.11. The van der Waals surface area contributed by atoms with Gasteiger partial charge in [0, 0.05) is 10.6 Å². The summed E-state index contributed by atoms with van der Waals surface area (Å²) >= 11 is 8.72. The van der Waals surface area contributed by atoms with Gasteiger partial charge in [0.25, 0.3) is 5.91 Å². The lowest BCUT2D eigenvalue weighted by Gasteiger charge is -2.08. The highest BCUT2D eigenvalue weighted by atomic mass is 35.5. The molecule has 6 nitrogen and oxygen atoms in total. The first-order valence-corrected chi connectivity index (χ1v) is 10.6. The van der Waals surface area contributed by atoms with E-state index in [1.807, 2.05) is 37.3 Å². The summed E-state index contributed by atoms with van der Waals surface area (Å²) in [6, 6.07) is 11.0. The number of halogens is 1. The van der Waals surface area contributed by atoms with Crippen molar-refractivity contribution in [3.05, 3.63) is 52.0 Å². The maximum absolute atomic E-state index is 12.8. The SMILES string of the molecule is COc1ccc(-c2nc(C)c(C(=O)Nc3nc4ccc(Cl)cc4s3)s2)cc1OC. The minimum Gasteiger partial charge on any atom is -0.493 e. The molecular weight excluding hydrogens is 430 g/mol. The first-order chi connectivity index (χ1) is 14.0. The maximum atomic E-state index is 12.8. The van der Waals surface area contributed by atoms with E-state index in [-0.39, 0.29) is 5.91 Å². The van der Waals surface area contributed by atoms with E-state index in [4.69, 9.17) is 21.1 Å². The number of ether oxygens (including phenoxy) is 2. The predicted molar refractivity (Wildman–Crippen MR) is 118 cm³/mol. The Morgan fingerprint density at radius 2 is 1.83 bits per heavy atom. The summed E-state index contributed by atoms with van der Waals surface area (Å²) in [6.45, 7) is 1.81. The van der Waals surface area contributed by atoms with Gasteiger partial charge in [0.2, 0.25) is 0 Å². The molecule has 0 unspecified atom stereocenters. The summed E-state index contributed by atoms with van der Waals surface area (Å²) in [5.74, 6) is 1.01. The molecule has 2 heterocycles. The molecule has 0 spiro atoms. The Balaban J connectivity index is 1.60. The first-order valence-electron chi connectivity index (χ1n) is 8.55. The Morgan fingerprint density at radius 3 is 2.59 bits per heavy atom. The number of nitrogens with one attached hydrogen (secondary N) is 1. The van der Waals surface area contributed by atoms with Crippen LogP contribution in [0.3, 0.4) is 0 Å². The van der Waals surface area contributed by atoms with Crippen molar-refractivity contribution in [2.24, 2.45) is 0 Å². The van der Waals surface area contributed by atoms with Crippen molar-refractivity contribution < 1.29 is 14.3 Å². The van der Waals surface area contributed by atoms with Gasteiger partial charge in [-0.05, 0) is 43.3 Å². The Bertz CT molecular complexity index is 1220. The molecule has 9 heteroatoms. The van der Waals surface area contributed by atoms with Gasteiger partial charge in [0.05, 0.1) is 30.1 Å². The Labute approximate surface area is 180 Å². The van der Waals surface area contributed by atoms with Gasteiger partial charge in [-0.3, -0.25) is 10.1 Å². The second-order valence-corrected chi connectivity index (χ2v) is 8.55. The molecule has 4 rings (SSSR count). The highest BCUT2D eigenvalue weighted by Crippen LogP contribution is 2.35. The van der Waals surface area contributed by atoms with E-state index >= 15 is 0 Å². The molecule has 2 aromatic heterocycles. The molecule has 0 bridgehead atoms. The lowest BCUT2D eigenvalue weighted by atomic mass is 10.2. The van der Waals surface area contributed by atoms with Gasteiger partial charge in [-0.2, -0.15) is 0 Å². The molecule has 29 heavy (non-hydrogen) atoms. The molecule has 4 aromatic rings. The van der Waals surface area contributed by atoms with Crippen molar-refractivity contribution in [3.8, 4) is 22.1 Å². The summed E-state index contributed by atoms with van der Waals surface area (Å²) in [6.07, 6.45) is 0. The van der Waals surface area contributed by atoms with Crippen LogP contribution in [0, 0.1) is 6.92 Å². The van der Waals surface area contributed by atoms with Gasteiger partial charge in [0.15, 0.2) is 16.6 Å². The van der Waals surface area contributed by atoms with E-state index in [0.717, 1.165) is 20.8 Å². The smallest absolute Gasteiger partial charge is 0.269 e. The average Bonchev–Trinajstić information content (AvgIpc) is 3.29. The molecule has 0 fully saturated rings. The fourth-order valence-corrected chi connectivity index (χ4v) is 4.90. The Kier molecular flexibility index (Phi) is 5.40. The van der Waals surface area contributed by atoms with Gasteiger partial charge in [-0.25, -0.2) is 9.97 Å². The number of rotatable bonds is 5. The number of fused-ring (bicyclic) bond motifs is 1. The van der Waals surface area contributed by atoms with Crippen LogP contribution in [0.15, 0.2) is 36.4 Å². The number of carbonyl (C=O) groups is 1. The number of benzene rings is 2. The number of thiazole rings is 2. The molecule has 0 saturated heterocycles. The van der Waals surface area contributed by atoms with Gasteiger partial charge in [-0.15, -0.1) is 11.3 Å². The molecule has 148 valence electrons. The van der Waals surface area contributed by atoms with E-state index < -0.39 is 0 Å². The van der Waals surface area contributed by atoms with Crippen molar-refractivity contribution in [2.75, 3.05) is 19.5 Å². The Morgan fingerprint density at radius 1 is 1.03 bits per heavy atom. The fourth-order valence-electron chi connectivity index (χ4n) is 2.81. The lowest BCUT2D eigenvalue weighted by molar-refractivity contribution is 0.103. The highest BCUT2D eigenvalue weighted by molar-refractivity contribution is 7.22. The zero-order chi connectivity index (χ0) is 20.5. The van der Waals surface area contributed by atoms with Gasteiger partial charge in [-0.1, -0.05) is 22.9 Å². The molecule has 0 aliphatic heterocycles. The van der Waals surface area contributed by atoms with Crippen molar-refractivity contribution in [1.29, 1.82) is 0 Å². The summed E-state index contributed by atoms with van der Waals surface area (Å²) < 4.78 is 11.5. The fraction of sp³-hybridized carbons (Fsp3) is 0.150. The third kappa shape index (κ3) is 3.91. The largest absolute Gasteiger partial charge is 0.493 e. The van der Waals surface area contributed by atoms with Crippen molar-refractivity contribution >= 4 is 55.5 Å². The molecule has 0 atom stereocenters. The minimum absolute atomic E-state index is 0.239.